The van der Waals surface area contributed by atoms with Crippen molar-refractivity contribution in [1.29, 1.82) is 0 Å². The topological polar surface area (TPSA) is 91.8 Å². The van der Waals surface area contributed by atoms with Gasteiger partial charge in [-0.15, -0.1) is 0 Å². The zero-order valence-electron chi connectivity index (χ0n) is 10.5. The highest BCUT2D eigenvalue weighted by atomic mass is 16.5. The lowest BCUT2D eigenvalue weighted by atomic mass is 10.3. The number of hydrogen-bond acceptors (Lipinski definition) is 5. The largest absolute Gasteiger partial charge is 0.478 e. The fraction of sp³-hybridized carbons (Fsp3) is 0.417. The number of carbonyl (C=O) groups excluding carboxylic acids is 1. The highest BCUT2D eigenvalue weighted by Gasteiger charge is 2.25. The van der Waals surface area contributed by atoms with Gasteiger partial charge in [-0.3, -0.25) is 0 Å². The van der Waals surface area contributed by atoms with Crippen LogP contribution in [0.25, 0.3) is 0 Å². The molecule has 0 radical (unpaired) electrons. The Balaban J connectivity index is 1.96. The number of pyridine rings is 1. The Morgan fingerprint density at radius 1 is 1.53 bits per heavy atom. The summed E-state index contributed by atoms with van der Waals surface area (Å²) in [7, 11) is 1.33. The second-order valence-corrected chi connectivity index (χ2v) is 4.28. The quantitative estimate of drug-likeness (QED) is 0.836. The van der Waals surface area contributed by atoms with E-state index in [1.165, 1.54) is 19.4 Å². The van der Waals surface area contributed by atoms with Crippen LogP contribution in [-0.4, -0.2) is 48.4 Å². The average molecular weight is 265 g/mol. The summed E-state index contributed by atoms with van der Waals surface area (Å²) in [5.41, 5.74) is 0.159. The van der Waals surface area contributed by atoms with Gasteiger partial charge >= 0.3 is 12.1 Å². The molecule has 0 aliphatic carbocycles. The Morgan fingerprint density at radius 3 is 2.89 bits per heavy atom. The van der Waals surface area contributed by atoms with E-state index in [0.717, 1.165) is 13.0 Å². The van der Waals surface area contributed by atoms with Crippen molar-refractivity contribution in [2.75, 3.05) is 25.1 Å². The number of methoxy groups -OCH3 is 1. The van der Waals surface area contributed by atoms with Crippen LogP contribution >= 0.6 is 0 Å². The molecular formula is C12H15N3O4. The summed E-state index contributed by atoms with van der Waals surface area (Å²) in [5, 5.41) is 11.5. The van der Waals surface area contributed by atoms with Crippen LogP contribution in [0.15, 0.2) is 18.3 Å². The molecule has 0 aromatic carbocycles. The van der Waals surface area contributed by atoms with Crippen molar-refractivity contribution in [3.8, 4) is 0 Å². The minimum Gasteiger partial charge on any atom is -0.478 e. The van der Waals surface area contributed by atoms with Gasteiger partial charge in [0.1, 0.15) is 5.82 Å². The minimum atomic E-state index is -0.995. The van der Waals surface area contributed by atoms with Crippen molar-refractivity contribution < 1.29 is 19.4 Å². The highest BCUT2D eigenvalue weighted by Crippen LogP contribution is 2.18. The molecule has 1 fully saturated rings. The molecule has 1 saturated heterocycles. The van der Waals surface area contributed by atoms with Crippen molar-refractivity contribution in [1.82, 2.24) is 10.3 Å². The number of rotatable bonds is 3. The molecule has 2 heterocycles. The van der Waals surface area contributed by atoms with Gasteiger partial charge in [0.15, 0.2) is 0 Å². The summed E-state index contributed by atoms with van der Waals surface area (Å²) in [4.78, 5) is 27.9. The van der Waals surface area contributed by atoms with Gasteiger partial charge in [-0.1, -0.05) is 0 Å². The number of nitrogens with zero attached hydrogens (tertiary/aromatic N) is 2. The van der Waals surface area contributed by atoms with Crippen molar-refractivity contribution in [3.05, 3.63) is 23.9 Å². The van der Waals surface area contributed by atoms with E-state index in [0.29, 0.717) is 12.4 Å². The van der Waals surface area contributed by atoms with Gasteiger partial charge in [-0.2, -0.15) is 0 Å². The monoisotopic (exact) mass is 265 g/mol. The summed E-state index contributed by atoms with van der Waals surface area (Å²) < 4.78 is 4.55. The maximum atomic E-state index is 11.1. The number of aromatic nitrogens is 1. The van der Waals surface area contributed by atoms with E-state index in [1.807, 2.05) is 4.90 Å². The van der Waals surface area contributed by atoms with Gasteiger partial charge in [0.05, 0.1) is 18.7 Å². The minimum absolute atomic E-state index is 0.0217. The molecule has 102 valence electrons. The Kier molecular flexibility index (Phi) is 3.84. The predicted octanol–water partition coefficient (Wildman–Crippen LogP) is 0.715. The maximum Gasteiger partial charge on any atom is 0.407 e. The number of alkyl carbamates (subject to hydrolysis) is 1. The standard InChI is InChI=1S/C12H15N3O4/c1-19-12(18)14-9-4-5-15(7-9)10-3-2-8(6-13-10)11(16)17/h2-3,6,9H,4-5,7H2,1H3,(H,14,18)(H,16,17). The molecule has 19 heavy (non-hydrogen) atoms. The number of carboxylic acid groups (broad SMARTS) is 1. The number of carbonyl (C=O) groups is 2. The van der Waals surface area contributed by atoms with Crippen LogP contribution in [0.3, 0.4) is 0 Å². The lowest BCUT2D eigenvalue weighted by Crippen LogP contribution is -2.37. The molecule has 1 aromatic rings. The number of ether oxygens (including phenoxy) is 1. The molecule has 1 atom stereocenters. The van der Waals surface area contributed by atoms with Crippen LogP contribution in [0.5, 0.6) is 0 Å². The first-order chi connectivity index (χ1) is 9.10. The first-order valence-corrected chi connectivity index (χ1v) is 5.89. The number of carboxylic acids is 1. The fourth-order valence-corrected chi connectivity index (χ4v) is 2.01. The van der Waals surface area contributed by atoms with Gasteiger partial charge in [-0.25, -0.2) is 14.6 Å². The van der Waals surface area contributed by atoms with Crippen LogP contribution in [0.4, 0.5) is 10.6 Å². The van der Waals surface area contributed by atoms with Crippen molar-refractivity contribution in [3.63, 3.8) is 0 Å². The summed E-state index contributed by atoms with van der Waals surface area (Å²) >= 11 is 0. The van der Waals surface area contributed by atoms with Crippen molar-refractivity contribution in [2.45, 2.75) is 12.5 Å². The molecule has 1 aromatic heterocycles. The van der Waals surface area contributed by atoms with E-state index in [2.05, 4.69) is 15.0 Å². The lowest BCUT2D eigenvalue weighted by molar-refractivity contribution is 0.0696. The molecule has 2 rings (SSSR count). The number of nitrogens with one attached hydrogen (secondary N) is 1. The molecule has 1 aliphatic rings. The predicted molar refractivity (Wildman–Crippen MR) is 67.4 cm³/mol. The Labute approximate surface area is 110 Å². The van der Waals surface area contributed by atoms with Crippen LogP contribution in [-0.2, 0) is 4.74 Å². The molecule has 2 N–H and O–H groups in total. The van der Waals surface area contributed by atoms with Gasteiger partial charge in [0.25, 0.3) is 0 Å². The average Bonchev–Trinajstić information content (AvgIpc) is 2.87. The molecular weight excluding hydrogens is 250 g/mol. The number of anilines is 1. The third-order valence-electron chi connectivity index (χ3n) is 3.01. The fourth-order valence-electron chi connectivity index (χ4n) is 2.01. The summed E-state index contributed by atoms with van der Waals surface area (Å²) in [5.74, 6) is -0.287. The number of hydrogen-bond donors (Lipinski definition) is 2. The van der Waals surface area contributed by atoms with E-state index in [9.17, 15) is 9.59 Å². The van der Waals surface area contributed by atoms with Gasteiger partial charge < -0.3 is 20.1 Å². The molecule has 0 bridgehead atoms. The zero-order chi connectivity index (χ0) is 13.8. The van der Waals surface area contributed by atoms with Crippen LogP contribution < -0.4 is 10.2 Å². The molecule has 1 amide bonds. The van der Waals surface area contributed by atoms with Crippen molar-refractivity contribution in [2.24, 2.45) is 0 Å². The van der Waals surface area contributed by atoms with Crippen LogP contribution in [0.2, 0.25) is 0 Å². The Bertz CT molecular complexity index is 474. The summed E-state index contributed by atoms with van der Waals surface area (Å²) in [6.07, 6.45) is 1.69. The highest BCUT2D eigenvalue weighted by molar-refractivity contribution is 5.87. The normalized spacial score (nSPS) is 18.2. The zero-order valence-corrected chi connectivity index (χ0v) is 10.5. The lowest BCUT2D eigenvalue weighted by Gasteiger charge is -2.17. The van der Waals surface area contributed by atoms with Crippen LogP contribution in [0, 0.1) is 0 Å². The molecule has 7 heteroatoms. The molecule has 0 spiro atoms. The third kappa shape index (κ3) is 3.12. The third-order valence-corrected chi connectivity index (χ3v) is 3.01. The maximum absolute atomic E-state index is 11.1. The van der Waals surface area contributed by atoms with Gasteiger partial charge in [0.2, 0.25) is 0 Å². The first-order valence-electron chi connectivity index (χ1n) is 5.89. The molecule has 0 saturated carbocycles. The molecule has 1 unspecified atom stereocenters. The van der Waals surface area contributed by atoms with E-state index in [4.69, 9.17) is 5.11 Å². The SMILES string of the molecule is COC(=O)NC1CCN(c2ccc(C(=O)O)cn2)C1. The van der Waals surface area contributed by atoms with Gasteiger partial charge in [0, 0.05) is 19.3 Å². The van der Waals surface area contributed by atoms with E-state index < -0.39 is 12.1 Å². The second kappa shape index (κ2) is 5.55. The first kappa shape index (κ1) is 13.1. The van der Waals surface area contributed by atoms with E-state index >= 15 is 0 Å². The Hall–Kier alpha value is -2.31. The Morgan fingerprint density at radius 2 is 2.32 bits per heavy atom. The number of aromatic carboxylic acids is 1. The molecule has 1 aliphatic heterocycles. The van der Waals surface area contributed by atoms with E-state index in [1.54, 1.807) is 6.07 Å². The molecule has 7 nitrogen and oxygen atoms in total. The van der Waals surface area contributed by atoms with Crippen molar-refractivity contribution >= 4 is 17.9 Å². The smallest absolute Gasteiger partial charge is 0.407 e. The van der Waals surface area contributed by atoms with Crippen LogP contribution in [0.1, 0.15) is 16.8 Å². The summed E-state index contributed by atoms with van der Waals surface area (Å²) in [6.45, 7) is 1.39. The van der Waals surface area contributed by atoms with Gasteiger partial charge in [-0.05, 0) is 18.6 Å². The van der Waals surface area contributed by atoms with E-state index in [-0.39, 0.29) is 11.6 Å². The summed E-state index contributed by atoms with van der Waals surface area (Å²) in [6, 6.07) is 3.21. The number of amides is 1. The second-order valence-electron chi connectivity index (χ2n) is 4.28.